The molecular weight excluding hydrogens is 388 g/mol. The number of hydrogen-bond acceptors (Lipinski definition) is 4. The first-order valence-corrected chi connectivity index (χ1v) is 10.7. The second kappa shape index (κ2) is 9.92. The third-order valence-corrected chi connectivity index (χ3v) is 6.14. The molecule has 2 atom stereocenters. The number of nitrogens with zero attached hydrogens (tertiary/aromatic N) is 1. The molecule has 5 nitrogen and oxygen atoms in total. The zero-order valence-corrected chi connectivity index (χ0v) is 19.1. The molecule has 1 N–H and O–H groups in total. The van der Waals surface area contributed by atoms with Gasteiger partial charge < -0.3 is 9.64 Å². The van der Waals surface area contributed by atoms with Crippen molar-refractivity contribution in [1.29, 1.82) is 0 Å². The summed E-state index contributed by atoms with van der Waals surface area (Å²) in [6, 6.07) is 16.1. The number of carbonyl (C=O) groups is 2. The number of benzene rings is 2. The highest BCUT2D eigenvalue weighted by atomic mass is 16.5. The zero-order valence-electron chi connectivity index (χ0n) is 19.1. The van der Waals surface area contributed by atoms with Crippen molar-refractivity contribution in [3.63, 3.8) is 0 Å². The molecular formula is C26H32N2O3. The quantitative estimate of drug-likeness (QED) is 0.649. The van der Waals surface area contributed by atoms with Crippen LogP contribution in [-0.2, 0) is 20.7 Å². The minimum atomic E-state index is -0.281. The Labute approximate surface area is 185 Å². The van der Waals surface area contributed by atoms with Crippen LogP contribution < -0.4 is 5.32 Å². The van der Waals surface area contributed by atoms with E-state index in [0.29, 0.717) is 6.54 Å². The Morgan fingerprint density at radius 3 is 2.45 bits per heavy atom. The lowest BCUT2D eigenvalue weighted by Crippen LogP contribution is -2.47. The summed E-state index contributed by atoms with van der Waals surface area (Å²) in [6.07, 6.45) is 0.715. The molecule has 1 aliphatic heterocycles. The molecule has 1 amide bonds. The molecule has 2 aromatic carbocycles. The Morgan fingerprint density at radius 1 is 1.10 bits per heavy atom. The molecule has 5 heteroatoms. The smallest absolute Gasteiger partial charge is 0.307 e. The summed E-state index contributed by atoms with van der Waals surface area (Å²) < 4.78 is 4.96. The fourth-order valence-corrected chi connectivity index (χ4v) is 4.20. The molecule has 0 fully saturated rings. The van der Waals surface area contributed by atoms with Crippen molar-refractivity contribution in [2.24, 2.45) is 0 Å². The van der Waals surface area contributed by atoms with E-state index in [1.165, 1.54) is 18.2 Å². The van der Waals surface area contributed by atoms with Crippen molar-refractivity contribution in [2.45, 2.75) is 52.7 Å². The van der Waals surface area contributed by atoms with Crippen LogP contribution in [0.2, 0.25) is 0 Å². The van der Waals surface area contributed by atoms with Crippen LogP contribution in [-0.4, -0.2) is 36.6 Å². The predicted molar refractivity (Wildman–Crippen MR) is 122 cm³/mol. The van der Waals surface area contributed by atoms with E-state index in [4.69, 9.17) is 4.74 Å². The van der Waals surface area contributed by atoms with E-state index in [2.05, 4.69) is 49.5 Å². The van der Waals surface area contributed by atoms with Crippen molar-refractivity contribution < 1.29 is 14.3 Å². The number of methoxy groups -OCH3 is 1. The van der Waals surface area contributed by atoms with E-state index in [1.54, 1.807) is 0 Å². The van der Waals surface area contributed by atoms with Gasteiger partial charge in [0.2, 0.25) is 0 Å². The van der Waals surface area contributed by atoms with Crippen molar-refractivity contribution >= 4 is 11.9 Å². The molecule has 0 aromatic heterocycles. The van der Waals surface area contributed by atoms with Crippen LogP contribution in [0.5, 0.6) is 0 Å². The number of carbonyl (C=O) groups excluding carboxylic acids is 2. The van der Waals surface area contributed by atoms with Crippen LogP contribution in [0.3, 0.4) is 0 Å². The van der Waals surface area contributed by atoms with E-state index in [9.17, 15) is 9.59 Å². The average molecular weight is 421 g/mol. The molecule has 0 radical (unpaired) electrons. The fraction of sp³-hybridized carbons (Fsp3) is 0.385. The minimum Gasteiger partial charge on any atom is -0.469 e. The first kappa shape index (κ1) is 22.8. The Morgan fingerprint density at radius 2 is 1.81 bits per heavy atom. The van der Waals surface area contributed by atoms with Gasteiger partial charge >= 0.3 is 5.97 Å². The lowest BCUT2D eigenvalue weighted by atomic mass is 9.96. The molecule has 0 aliphatic carbocycles. The Kier molecular flexibility index (Phi) is 7.29. The predicted octanol–water partition coefficient (Wildman–Crippen LogP) is 4.24. The van der Waals surface area contributed by atoms with E-state index < -0.39 is 0 Å². The van der Waals surface area contributed by atoms with Crippen molar-refractivity contribution in [3.8, 4) is 0 Å². The van der Waals surface area contributed by atoms with Gasteiger partial charge in [-0.05, 0) is 56.4 Å². The number of nitrogens with one attached hydrogen (secondary N) is 1. The molecule has 0 spiro atoms. The zero-order chi connectivity index (χ0) is 22.5. The summed E-state index contributed by atoms with van der Waals surface area (Å²) in [7, 11) is 1.40. The summed E-state index contributed by atoms with van der Waals surface area (Å²) >= 11 is 0. The molecule has 1 aliphatic rings. The monoisotopic (exact) mass is 420 g/mol. The number of aryl methyl sites for hydroxylation is 2. The maximum absolute atomic E-state index is 13.0. The Balaban J connectivity index is 1.86. The van der Waals surface area contributed by atoms with Crippen LogP contribution in [0.4, 0.5) is 0 Å². The topological polar surface area (TPSA) is 58.6 Å². The Hall–Kier alpha value is -2.92. The van der Waals surface area contributed by atoms with Gasteiger partial charge in [-0.1, -0.05) is 54.1 Å². The Bertz CT molecular complexity index is 981. The largest absolute Gasteiger partial charge is 0.469 e. The number of esters is 1. The molecule has 2 aromatic rings. The number of hydrogen-bond donors (Lipinski definition) is 1. The van der Waals surface area contributed by atoms with Gasteiger partial charge in [-0.3, -0.25) is 14.9 Å². The van der Waals surface area contributed by atoms with Gasteiger partial charge in [-0.2, -0.15) is 0 Å². The van der Waals surface area contributed by atoms with Gasteiger partial charge in [-0.25, -0.2) is 0 Å². The van der Waals surface area contributed by atoms with Crippen LogP contribution in [0.15, 0.2) is 59.7 Å². The molecule has 0 saturated heterocycles. The summed E-state index contributed by atoms with van der Waals surface area (Å²) in [4.78, 5) is 27.1. The third kappa shape index (κ3) is 5.23. The lowest BCUT2D eigenvalue weighted by molar-refractivity contribution is -0.141. The van der Waals surface area contributed by atoms with Gasteiger partial charge in [-0.15, -0.1) is 0 Å². The van der Waals surface area contributed by atoms with E-state index in [1.807, 2.05) is 36.9 Å². The number of amides is 1. The molecule has 3 rings (SSSR count). The number of rotatable bonds is 8. The fourth-order valence-electron chi connectivity index (χ4n) is 4.20. The van der Waals surface area contributed by atoms with Crippen LogP contribution in [0.25, 0.3) is 0 Å². The summed E-state index contributed by atoms with van der Waals surface area (Å²) in [6.45, 7) is 8.57. The molecule has 164 valence electrons. The van der Waals surface area contributed by atoms with E-state index >= 15 is 0 Å². The first-order chi connectivity index (χ1) is 14.8. The van der Waals surface area contributed by atoms with Crippen molar-refractivity contribution in [1.82, 2.24) is 10.2 Å². The average Bonchev–Trinajstić information content (AvgIpc) is 2.96. The summed E-state index contributed by atoms with van der Waals surface area (Å²) in [5.74, 6) is -0.237. The van der Waals surface area contributed by atoms with Gasteiger partial charge in [0, 0.05) is 18.2 Å². The van der Waals surface area contributed by atoms with E-state index in [-0.39, 0.29) is 30.5 Å². The lowest BCUT2D eigenvalue weighted by Gasteiger charge is -2.32. The number of ether oxygens (including phenoxy) is 1. The third-order valence-electron chi connectivity index (χ3n) is 6.14. The summed E-state index contributed by atoms with van der Waals surface area (Å²) in [5.41, 5.74) is 6.28. The van der Waals surface area contributed by atoms with Crippen LogP contribution in [0.1, 0.15) is 48.6 Å². The van der Waals surface area contributed by atoms with Gasteiger partial charge in [0.15, 0.2) is 0 Å². The van der Waals surface area contributed by atoms with Crippen molar-refractivity contribution in [2.75, 3.05) is 13.7 Å². The highest BCUT2D eigenvalue weighted by Crippen LogP contribution is 2.29. The van der Waals surface area contributed by atoms with Gasteiger partial charge in [0.25, 0.3) is 5.91 Å². The second-order valence-electron chi connectivity index (χ2n) is 8.30. The van der Waals surface area contributed by atoms with Gasteiger partial charge in [0.05, 0.1) is 13.5 Å². The van der Waals surface area contributed by atoms with Gasteiger partial charge in [0.1, 0.15) is 6.17 Å². The SMILES string of the molecule is COC(=O)C[C@H](N[C@@H]1C(C)=C(C)C(=O)N1CCc1ccccc1)c1ccc(C)cc1C. The molecule has 0 unspecified atom stereocenters. The van der Waals surface area contributed by atoms with Crippen LogP contribution >= 0.6 is 0 Å². The summed E-state index contributed by atoms with van der Waals surface area (Å²) in [5, 5.41) is 3.60. The highest BCUT2D eigenvalue weighted by molar-refractivity contribution is 5.97. The van der Waals surface area contributed by atoms with Crippen molar-refractivity contribution in [3.05, 3.63) is 81.9 Å². The van der Waals surface area contributed by atoms with Crippen LogP contribution in [0, 0.1) is 13.8 Å². The second-order valence-corrected chi connectivity index (χ2v) is 8.30. The minimum absolute atomic E-state index is 0.0448. The van der Waals surface area contributed by atoms with E-state index in [0.717, 1.165) is 28.7 Å². The standard InChI is InChI=1S/C26H32N2O3/c1-17-11-12-22(18(2)15-17)23(16-24(29)31-5)27-25-19(3)20(4)26(30)28(25)14-13-21-9-7-6-8-10-21/h6-12,15,23,25,27H,13-14,16H2,1-5H3/t23-,25-/m0/s1. The first-order valence-electron chi connectivity index (χ1n) is 10.7. The molecule has 31 heavy (non-hydrogen) atoms. The maximum atomic E-state index is 13.0. The maximum Gasteiger partial charge on any atom is 0.307 e. The molecule has 1 heterocycles. The normalized spacial score (nSPS) is 17.3. The highest BCUT2D eigenvalue weighted by Gasteiger charge is 2.36. The molecule has 0 bridgehead atoms. The molecule has 0 saturated carbocycles.